The van der Waals surface area contributed by atoms with Crippen molar-refractivity contribution in [2.75, 3.05) is 6.61 Å². The number of benzene rings is 1. The highest BCUT2D eigenvalue weighted by Gasteiger charge is 2.32. The van der Waals surface area contributed by atoms with Crippen LogP contribution < -0.4 is 16.2 Å². The fourth-order valence-corrected chi connectivity index (χ4v) is 2.92. The van der Waals surface area contributed by atoms with Crippen LogP contribution in [-0.2, 0) is 12.0 Å². The summed E-state index contributed by atoms with van der Waals surface area (Å²) in [6.07, 6.45) is 5.03. The monoisotopic (exact) mass is 232 g/mol. The Balaban J connectivity index is 1.88. The lowest BCUT2D eigenvalue weighted by molar-refractivity contribution is 0.276. The van der Waals surface area contributed by atoms with Crippen molar-refractivity contribution >= 4 is 0 Å². The van der Waals surface area contributed by atoms with Gasteiger partial charge in [-0.3, -0.25) is 0 Å². The molecule has 1 aromatic rings. The highest BCUT2D eigenvalue weighted by atomic mass is 16.5. The second-order valence-corrected chi connectivity index (χ2v) is 5.41. The van der Waals surface area contributed by atoms with Gasteiger partial charge in [-0.1, -0.05) is 12.1 Å². The Hall–Kier alpha value is -1.06. The van der Waals surface area contributed by atoms with Crippen molar-refractivity contribution in [2.24, 2.45) is 11.5 Å². The maximum Gasteiger partial charge on any atom is 0.122 e. The lowest BCUT2D eigenvalue weighted by Crippen LogP contribution is -2.43. The number of hydrogen-bond donors (Lipinski definition) is 2. The SMILES string of the molecule is NC1CCC(N)(c2ccc3c(c2)OCC3)CC1. The molecule has 92 valence electrons. The number of hydrogen-bond acceptors (Lipinski definition) is 3. The van der Waals surface area contributed by atoms with Crippen molar-refractivity contribution in [1.82, 2.24) is 0 Å². The minimum Gasteiger partial charge on any atom is -0.493 e. The van der Waals surface area contributed by atoms with Crippen LogP contribution in [0.3, 0.4) is 0 Å². The summed E-state index contributed by atoms with van der Waals surface area (Å²) in [7, 11) is 0. The van der Waals surface area contributed by atoms with Gasteiger partial charge in [0.25, 0.3) is 0 Å². The molecule has 0 saturated heterocycles. The molecule has 1 saturated carbocycles. The molecule has 0 radical (unpaired) electrons. The smallest absolute Gasteiger partial charge is 0.122 e. The molecule has 3 rings (SSSR count). The Labute approximate surface area is 102 Å². The second kappa shape index (κ2) is 4.00. The zero-order valence-corrected chi connectivity index (χ0v) is 10.1. The number of fused-ring (bicyclic) bond motifs is 1. The third-order valence-corrected chi connectivity index (χ3v) is 4.19. The molecule has 0 aromatic heterocycles. The van der Waals surface area contributed by atoms with Crippen molar-refractivity contribution < 1.29 is 4.74 Å². The van der Waals surface area contributed by atoms with Gasteiger partial charge in [-0.15, -0.1) is 0 Å². The Morgan fingerprint density at radius 3 is 2.76 bits per heavy atom. The zero-order valence-electron chi connectivity index (χ0n) is 10.1. The predicted molar refractivity (Wildman–Crippen MR) is 67.9 cm³/mol. The molecule has 0 spiro atoms. The molecule has 1 aromatic carbocycles. The molecule has 0 amide bonds. The summed E-state index contributed by atoms with van der Waals surface area (Å²) in [6.45, 7) is 0.807. The Kier molecular flexibility index (Phi) is 2.60. The largest absolute Gasteiger partial charge is 0.493 e. The lowest BCUT2D eigenvalue weighted by atomic mass is 9.75. The van der Waals surface area contributed by atoms with Crippen LogP contribution in [0.4, 0.5) is 0 Å². The molecule has 1 heterocycles. The first kappa shape index (κ1) is 11.1. The molecule has 0 atom stereocenters. The molecule has 3 heteroatoms. The van der Waals surface area contributed by atoms with Gasteiger partial charge in [0.2, 0.25) is 0 Å². The van der Waals surface area contributed by atoms with Gasteiger partial charge in [-0.25, -0.2) is 0 Å². The van der Waals surface area contributed by atoms with E-state index in [1.807, 2.05) is 0 Å². The molecular formula is C14H20N2O. The Bertz CT molecular complexity index is 422. The van der Waals surface area contributed by atoms with Crippen LogP contribution in [0.2, 0.25) is 0 Å². The van der Waals surface area contributed by atoms with Crippen molar-refractivity contribution in [3.8, 4) is 5.75 Å². The van der Waals surface area contributed by atoms with E-state index in [0.717, 1.165) is 44.5 Å². The number of ether oxygens (including phenoxy) is 1. The van der Waals surface area contributed by atoms with Crippen molar-refractivity contribution in [1.29, 1.82) is 0 Å². The normalized spacial score (nSPS) is 32.0. The first-order chi connectivity index (χ1) is 8.17. The first-order valence-corrected chi connectivity index (χ1v) is 6.48. The standard InChI is InChI=1S/C14H20N2O/c15-12-3-6-14(16,7-4-12)11-2-1-10-5-8-17-13(10)9-11/h1-2,9,12H,3-8,15-16H2. The number of nitrogens with two attached hydrogens (primary N) is 2. The summed E-state index contributed by atoms with van der Waals surface area (Å²) < 4.78 is 5.62. The van der Waals surface area contributed by atoms with Crippen LogP contribution in [0.5, 0.6) is 5.75 Å². The molecule has 1 aliphatic heterocycles. The summed E-state index contributed by atoms with van der Waals surface area (Å²) in [4.78, 5) is 0. The average molecular weight is 232 g/mol. The van der Waals surface area contributed by atoms with Crippen LogP contribution >= 0.6 is 0 Å². The van der Waals surface area contributed by atoms with Gasteiger partial charge in [-0.05, 0) is 42.9 Å². The molecule has 2 aliphatic rings. The molecular weight excluding hydrogens is 212 g/mol. The highest BCUT2D eigenvalue weighted by Crippen LogP contribution is 2.37. The van der Waals surface area contributed by atoms with Crippen LogP contribution in [0, 0.1) is 0 Å². The fourth-order valence-electron chi connectivity index (χ4n) is 2.92. The van der Waals surface area contributed by atoms with E-state index in [4.69, 9.17) is 16.2 Å². The van der Waals surface area contributed by atoms with E-state index in [1.165, 1.54) is 11.1 Å². The highest BCUT2D eigenvalue weighted by molar-refractivity contribution is 5.42. The summed E-state index contributed by atoms with van der Waals surface area (Å²) >= 11 is 0. The van der Waals surface area contributed by atoms with Crippen LogP contribution in [0.25, 0.3) is 0 Å². The van der Waals surface area contributed by atoms with Gasteiger partial charge in [0.1, 0.15) is 5.75 Å². The van der Waals surface area contributed by atoms with E-state index in [9.17, 15) is 0 Å². The molecule has 0 unspecified atom stereocenters. The van der Waals surface area contributed by atoms with Crippen LogP contribution in [0.1, 0.15) is 36.8 Å². The van der Waals surface area contributed by atoms with E-state index in [-0.39, 0.29) is 5.54 Å². The lowest BCUT2D eigenvalue weighted by Gasteiger charge is -2.36. The first-order valence-electron chi connectivity index (χ1n) is 6.48. The van der Waals surface area contributed by atoms with E-state index in [0.29, 0.717) is 6.04 Å². The number of rotatable bonds is 1. The quantitative estimate of drug-likeness (QED) is 0.774. The van der Waals surface area contributed by atoms with Gasteiger partial charge in [0, 0.05) is 18.0 Å². The van der Waals surface area contributed by atoms with Crippen LogP contribution in [0.15, 0.2) is 18.2 Å². The summed E-state index contributed by atoms with van der Waals surface area (Å²) in [6, 6.07) is 6.81. The van der Waals surface area contributed by atoms with Gasteiger partial charge in [0.05, 0.1) is 6.61 Å². The molecule has 3 nitrogen and oxygen atoms in total. The van der Waals surface area contributed by atoms with Crippen molar-refractivity contribution in [2.45, 2.75) is 43.7 Å². The fraction of sp³-hybridized carbons (Fsp3) is 0.571. The second-order valence-electron chi connectivity index (χ2n) is 5.41. The van der Waals surface area contributed by atoms with E-state index < -0.39 is 0 Å². The molecule has 17 heavy (non-hydrogen) atoms. The van der Waals surface area contributed by atoms with Crippen molar-refractivity contribution in [3.05, 3.63) is 29.3 Å². The van der Waals surface area contributed by atoms with E-state index >= 15 is 0 Å². The molecule has 4 N–H and O–H groups in total. The Morgan fingerprint density at radius 1 is 1.24 bits per heavy atom. The molecule has 1 fully saturated rings. The van der Waals surface area contributed by atoms with Gasteiger partial charge < -0.3 is 16.2 Å². The average Bonchev–Trinajstić information content (AvgIpc) is 2.80. The summed E-state index contributed by atoms with van der Waals surface area (Å²) in [5, 5.41) is 0. The maximum absolute atomic E-state index is 6.53. The third-order valence-electron chi connectivity index (χ3n) is 4.19. The van der Waals surface area contributed by atoms with E-state index in [1.54, 1.807) is 0 Å². The van der Waals surface area contributed by atoms with Gasteiger partial charge in [-0.2, -0.15) is 0 Å². The van der Waals surface area contributed by atoms with Gasteiger partial charge in [0.15, 0.2) is 0 Å². The predicted octanol–water partition coefficient (Wildman–Crippen LogP) is 1.68. The third kappa shape index (κ3) is 1.94. The minimum absolute atomic E-state index is 0.198. The van der Waals surface area contributed by atoms with Gasteiger partial charge >= 0.3 is 0 Å². The van der Waals surface area contributed by atoms with E-state index in [2.05, 4.69) is 18.2 Å². The Morgan fingerprint density at radius 2 is 2.00 bits per heavy atom. The summed E-state index contributed by atoms with van der Waals surface area (Å²) in [5.41, 5.74) is 14.8. The summed E-state index contributed by atoms with van der Waals surface area (Å²) in [5.74, 6) is 1.03. The topological polar surface area (TPSA) is 61.3 Å². The molecule has 0 bridgehead atoms. The maximum atomic E-state index is 6.53. The zero-order chi connectivity index (χ0) is 11.9. The molecule has 1 aliphatic carbocycles. The minimum atomic E-state index is -0.198. The van der Waals surface area contributed by atoms with Crippen LogP contribution in [-0.4, -0.2) is 12.6 Å². The van der Waals surface area contributed by atoms with Crippen molar-refractivity contribution in [3.63, 3.8) is 0 Å².